The Morgan fingerprint density at radius 2 is 2.11 bits per heavy atom. The molecule has 1 heterocycles. The van der Waals surface area contributed by atoms with E-state index in [1.54, 1.807) is 12.0 Å². The van der Waals surface area contributed by atoms with Crippen molar-refractivity contribution in [3.05, 3.63) is 24.3 Å². The molecule has 2 fully saturated rings. The Morgan fingerprint density at radius 1 is 1.42 bits per heavy atom. The Hall–Kier alpha value is -1.75. The molecule has 1 aromatic rings. The van der Waals surface area contributed by atoms with E-state index in [1.165, 1.54) is 12.8 Å². The number of benzene rings is 1. The number of carbonyl (C=O) groups is 1. The first-order chi connectivity index (χ1) is 9.12. The monoisotopic (exact) mass is 261 g/mol. The molecule has 1 aliphatic carbocycles. The number of hydrogen-bond acceptors (Lipinski definition) is 3. The summed E-state index contributed by atoms with van der Waals surface area (Å²) >= 11 is 0. The lowest BCUT2D eigenvalue weighted by Crippen LogP contribution is -2.70. The third kappa shape index (κ3) is 2.26. The summed E-state index contributed by atoms with van der Waals surface area (Å²) in [4.78, 5) is 13.9. The van der Waals surface area contributed by atoms with Crippen LogP contribution in [0.3, 0.4) is 0 Å². The minimum absolute atomic E-state index is 0.105. The summed E-state index contributed by atoms with van der Waals surface area (Å²) in [6.07, 6.45) is 2.41. The second-order valence-electron chi connectivity index (χ2n) is 5.49. The van der Waals surface area contributed by atoms with Gasteiger partial charge in [0.15, 0.2) is 0 Å². The largest absolute Gasteiger partial charge is 0.495 e. The molecule has 1 saturated carbocycles. The summed E-state index contributed by atoms with van der Waals surface area (Å²) in [7, 11) is 1.59. The Kier molecular flexibility index (Phi) is 2.86. The number of anilines is 1. The van der Waals surface area contributed by atoms with E-state index in [-0.39, 0.29) is 11.6 Å². The molecule has 102 valence electrons. The summed E-state index contributed by atoms with van der Waals surface area (Å²) < 4.78 is 5.21. The maximum absolute atomic E-state index is 12.1. The van der Waals surface area contributed by atoms with Crippen LogP contribution in [0.1, 0.15) is 12.8 Å². The van der Waals surface area contributed by atoms with Crippen molar-refractivity contribution in [1.82, 2.24) is 4.90 Å². The van der Waals surface area contributed by atoms with E-state index in [9.17, 15) is 4.79 Å². The number of nitrogens with zero attached hydrogens (tertiary/aromatic N) is 1. The molecule has 5 nitrogen and oxygen atoms in total. The topological polar surface area (TPSA) is 67.6 Å². The number of amides is 2. The summed E-state index contributed by atoms with van der Waals surface area (Å²) in [6.45, 7) is 1.30. The zero-order valence-electron chi connectivity index (χ0n) is 11.1. The summed E-state index contributed by atoms with van der Waals surface area (Å²) in [6, 6.07) is 7.28. The van der Waals surface area contributed by atoms with Gasteiger partial charge in [-0.3, -0.25) is 0 Å². The van der Waals surface area contributed by atoms with Crippen LogP contribution >= 0.6 is 0 Å². The standard InChI is InChI=1S/C14H19N3O2/c1-19-12-5-3-2-4-11(12)16-13(18)17-8-14(15,9-17)10-6-7-10/h2-5,10H,6-9,15H2,1H3,(H,16,18). The molecule has 0 atom stereocenters. The second kappa shape index (κ2) is 4.42. The molecule has 1 aromatic carbocycles. The van der Waals surface area contributed by atoms with Gasteiger partial charge in [0.05, 0.1) is 18.3 Å². The number of rotatable bonds is 3. The lowest BCUT2D eigenvalue weighted by atomic mass is 9.86. The minimum atomic E-state index is -0.141. The number of nitrogens with one attached hydrogen (secondary N) is 1. The molecular formula is C14H19N3O2. The van der Waals surface area contributed by atoms with Crippen LogP contribution in [0.25, 0.3) is 0 Å². The Balaban J connectivity index is 1.60. The van der Waals surface area contributed by atoms with Gasteiger partial charge in [-0.15, -0.1) is 0 Å². The first kappa shape index (κ1) is 12.3. The molecule has 0 unspecified atom stereocenters. The quantitative estimate of drug-likeness (QED) is 0.869. The fourth-order valence-corrected chi connectivity index (χ4v) is 2.67. The minimum Gasteiger partial charge on any atom is -0.495 e. The van der Waals surface area contributed by atoms with Gasteiger partial charge in [-0.2, -0.15) is 0 Å². The van der Waals surface area contributed by atoms with E-state index < -0.39 is 0 Å². The fourth-order valence-electron chi connectivity index (χ4n) is 2.67. The van der Waals surface area contributed by atoms with Crippen LogP contribution in [-0.4, -0.2) is 36.7 Å². The SMILES string of the molecule is COc1ccccc1NC(=O)N1CC(N)(C2CC2)C1. The molecule has 19 heavy (non-hydrogen) atoms. The van der Waals surface area contributed by atoms with Gasteiger partial charge < -0.3 is 20.7 Å². The number of ether oxygens (including phenoxy) is 1. The van der Waals surface area contributed by atoms with Crippen LogP contribution in [0.4, 0.5) is 10.5 Å². The van der Waals surface area contributed by atoms with Crippen LogP contribution in [0.5, 0.6) is 5.75 Å². The lowest BCUT2D eigenvalue weighted by Gasteiger charge is -2.48. The number of carbonyl (C=O) groups excluding carboxylic acids is 1. The molecule has 0 bridgehead atoms. The summed E-state index contributed by atoms with van der Waals surface area (Å²) in [5.41, 5.74) is 6.79. The number of likely N-dealkylation sites (tertiary alicyclic amines) is 1. The Morgan fingerprint density at radius 3 is 2.74 bits per heavy atom. The van der Waals surface area contributed by atoms with E-state index in [0.717, 1.165) is 0 Å². The van der Waals surface area contributed by atoms with Crippen LogP contribution < -0.4 is 15.8 Å². The van der Waals surface area contributed by atoms with E-state index >= 15 is 0 Å². The number of hydrogen-bond donors (Lipinski definition) is 2. The highest BCUT2D eigenvalue weighted by molar-refractivity contribution is 5.91. The van der Waals surface area contributed by atoms with Crippen molar-refractivity contribution in [1.29, 1.82) is 0 Å². The van der Waals surface area contributed by atoms with Crippen LogP contribution in [0, 0.1) is 5.92 Å². The van der Waals surface area contributed by atoms with Crippen molar-refractivity contribution in [3.63, 3.8) is 0 Å². The molecule has 3 rings (SSSR count). The van der Waals surface area contributed by atoms with E-state index in [4.69, 9.17) is 10.5 Å². The summed E-state index contributed by atoms with van der Waals surface area (Å²) in [5, 5.41) is 2.87. The average Bonchev–Trinajstić information content (AvgIpc) is 3.20. The third-order valence-electron chi connectivity index (χ3n) is 4.00. The number of methoxy groups -OCH3 is 1. The highest BCUT2D eigenvalue weighted by Crippen LogP contribution is 2.43. The maximum Gasteiger partial charge on any atom is 0.322 e. The Labute approximate surface area is 112 Å². The van der Waals surface area contributed by atoms with Gasteiger partial charge in [0.1, 0.15) is 5.75 Å². The molecule has 0 spiro atoms. The zero-order valence-corrected chi connectivity index (χ0v) is 11.1. The highest BCUT2D eigenvalue weighted by Gasteiger charge is 2.51. The first-order valence-corrected chi connectivity index (χ1v) is 6.60. The predicted molar refractivity (Wildman–Crippen MR) is 73.2 cm³/mol. The molecule has 1 saturated heterocycles. The molecule has 5 heteroatoms. The number of urea groups is 1. The van der Waals surface area contributed by atoms with Crippen LogP contribution in [0.15, 0.2) is 24.3 Å². The Bertz CT molecular complexity index is 493. The van der Waals surface area contributed by atoms with E-state index in [0.29, 0.717) is 30.4 Å². The normalized spacial score (nSPS) is 20.6. The van der Waals surface area contributed by atoms with Crippen molar-refractivity contribution < 1.29 is 9.53 Å². The first-order valence-electron chi connectivity index (χ1n) is 6.60. The highest BCUT2D eigenvalue weighted by atomic mass is 16.5. The molecule has 0 aromatic heterocycles. The fraction of sp³-hybridized carbons (Fsp3) is 0.500. The molecule has 2 amide bonds. The van der Waals surface area contributed by atoms with Crippen LogP contribution in [0.2, 0.25) is 0 Å². The molecule has 2 aliphatic rings. The lowest BCUT2D eigenvalue weighted by molar-refractivity contribution is 0.0894. The van der Waals surface area contributed by atoms with Gasteiger partial charge in [-0.1, -0.05) is 12.1 Å². The van der Waals surface area contributed by atoms with Crippen molar-refractivity contribution in [2.45, 2.75) is 18.4 Å². The van der Waals surface area contributed by atoms with Crippen molar-refractivity contribution in [2.24, 2.45) is 11.7 Å². The van der Waals surface area contributed by atoms with Crippen molar-refractivity contribution >= 4 is 11.7 Å². The van der Waals surface area contributed by atoms with Gasteiger partial charge in [-0.25, -0.2) is 4.79 Å². The molecule has 3 N–H and O–H groups in total. The predicted octanol–water partition coefficient (Wildman–Crippen LogP) is 1.65. The number of nitrogens with two attached hydrogens (primary N) is 1. The average molecular weight is 261 g/mol. The van der Waals surface area contributed by atoms with Gasteiger partial charge in [0, 0.05) is 13.1 Å². The smallest absolute Gasteiger partial charge is 0.322 e. The molecule has 0 radical (unpaired) electrons. The molecule has 1 aliphatic heterocycles. The van der Waals surface area contributed by atoms with E-state index in [2.05, 4.69) is 5.32 Å². The van der Waals surface area contributed by atoms with Crippen molar-refractivity contribution in [3.8, 4) is 5.75 Å². The molecular weight excluding hydrogens is 242 g/mol. The van der Waals surface area contributed by atoms with Gasteiger partial charge >= 0.3 is 6.03 Å². The van der Waals surface area contributed by atoms with Gasteiger partial charge in [0.25, 0.3) is 0 Å². The second-order valence-corrected chi connectivity index (χ2v) is 5.49. The van der Waals surface area contributed by atoms with Crippen molar-refractivity contribution in [2.75, 3.05) is 25.5 Å². The third-order valence-corrected chi connectivity index (χ3v) is 4.00. The zero-order chi connectivity index (χ0) is 13.5. The van der Waals surface area contributed by atoms with E-state index in [1.807, 2.05) is 24.3 Å². The van der Waals surface area contributed by atoms with Gasteiger partial charge in [0.2, 0.25) is 0 Å². The maximum atomic E-state index is 12.1. The van der Waals surface area contributed by atoms with Gasteiger partial charge in [-0.05, 0) is 30.9 Å². The number of para-hydroxylation sites is 2. The summed E-state index contributed by atoms with van der Waals surface area (Å²) in [5.74, 6) is 1.28. The van der Waals surface area contributed by atoms with Crippen LogP contribution in [-0.2, 0) is 0 Å².